The van der Waals surface area contributed by atoms with Crippen molar-refractivity contribution in [3.63, 3.8) is 0 Å². The Labute approximate surface area is 117 Å². The van der Waals surface area contributed by atoms with E-state index in [1.807, 2.05) is 49.4 Å². The van der Waals surface area contributed by atoms with E-state index in [4.69, 9.17) is 15.7 Å². The summed E-state index contributed by atoms with van der Waals surface area (Å²) >= 11 is 0. The first-order chi connectivity index (χ1) is 9.67. The number of pyridine rings is 1. The van der Waals surface area contributed by atoms with Crippen LogP contribution in [0.15, 0.2) is 47.6 Å². The second-order valence-electron chi connectivity index (χ2n) is 4.47. The van der Waals surface area contributed by atoms with Crippen molar-refractivity contribution in [3.8, 4) is 5.75 Å². The standard InChI is InChI=1S/C15H17N3O2/c1-11-3-2-4-13(17-11)10-20-14-7-5-12(6-8-14)9-15(16)18-19/h2-8,19H,9-10H2,1H3,(H2,16,18). The van der Waals surface area contributed by atoms with Gasteiger partial charge in [0.25, 0.3) is 0 Å². The number of hydrogen-bond donors (Lipinski definition) is 2. The van der Waals surface area contributed by atoms with Gasteiger partial charge in [0.15, 0.2) is 0 Å². The summed E-state index contributed by atoms with van der Waals surface area (Å²) in [4.78, 5) is 4.37. The molecule has 1 aromatic carbocycles. The second-order valence-corrected chi connectivity index (χ2v) is 4.47. The van der Waals surface area contributed by atoms with Gasteiger partial charge in [0.2, 0.25) is 0 Å². The van der Waals surface area contributed by atoms with Crippen molar-refractivity contribution in [2.45, 2.75) is 20.0 Å². The average Bonchev–Trinajstić information content (AvgIpc) is 2.46. The smallest absolute Gasteiger partial charge is 0.143 e. The highest BCUT2D eigenvalue weighted by Crippen LogP contribution is 2.14. The molecular formula is C15H17N3O2. The summed E-state index contributed by atoms with van der Waals surface area (Å²) < 4.78 is 5.66. The molecule has 0 saturated heterocycles. The first kappa shape index (κ1) is 13.9. The highest BCUT2D eigenvalue weighted by atomic mass is 16.5. The monoisotopic (exact) mass is 271 g/mol. The van der Waals surface area contributed by atoms with Crippen LogP contribution in [0, 0.1) is 6.92 Å². The Hall–Kier alpha value is -2.56. The number of rotatable bonds is 5. The molecule has 0 radical (unpaired) electrons. The number of amidine groups is 1. The van der Waals surface area contributed by atoms with Gasteiger partial charge in [0.1, 0.15) is 18.2 Å². The Bertz CT molecular complexity index is 594. The molecule has 0 amide bonds. The first-order valence-electron chi connectivity index (χ1n) is 6.28. The van der Waals surface area contributed by atoms with Gasteiger partial charge in [-0.15, -0.1) is 0 Å². The van der Waals surface area contributed by atoms with Crippen LogP contribution in [0.25, 0.3) is 0 Å². The quantitative estimate of drug-likeness (QED) is 0.378. The van der Waals surface area contributed by atoms with Crippen molar-refractivity contribution < 1.29 is 9.94 Å². The van der Waals surface area contributed by atoms with Gasteiger partial charge >= 0.3 is 0 Å². The zero-order valence-corrected chi connectivity index (χ0v) is 11.3. The highest BCUT2D eigenvalue weighted by Gasteiger charge is 2.00. The fraction of sp³-hybridized carbons (Fsp3) is 0.200. The van der Waals surface area contributed by atoms with Crippen LogP contribution in [0.2, 0.25) is 0 Å². The van der Waals surface area contributed by atoms with Crippen molar-refractivity contribution in [1.29, 1.82) is 0 Å². The van der Waals surface area contributed by atoms with Crippen molar-refractivity contribution in [2.24, 2.45) is 10.9 Å². The van der Waals surface area contributed by atoms with Crippen LogP contribution in [0.1, 0.15) is 17.0 Å². The molecule has 0 aliphatic carbocycles. The normalized spacial score (nSPS) is 11.3. The third-order valence-electron chi connectivity index (χ3n) is 2.77. The molecular weight excluding hydrogens is 254 g/mol. The maximum atomic E-state index is 8.51. The summed E-state index contributed by atoms with van der Waals surface area (Å²) in [6.45, 7) is 2.38. The van der Waals surface area contributed by atoms with Crippen LogP contribution in [-0.4, -0.2) is 16.0 Å². The van der Waals surface area contributed by atoms with Crippen molar-refractivity contribution in [3.05, 3.63) is 59.4 Å². The molecule has 104 valence electrons. The minimum absolute atomic E-state index is 0.183. The Morgan fingerprint density at radius 1 is 1.25 bits per heavy atom. The summed E-state index contributed by atoms with van der Waals surface area (Å²) in [7, 11) is 0. The largest absolute Gasteiger partial charge is 0.487 e. The molecule has 0 fully saturated rings. The molecule has 0 aliphatic heterocycles. The van der Waals surface area contributed by atoms with Crippen LogP contribution in [-0.2, 0) is 13.0 Å². The lowest BCUT2D eigenvalue weighted by molar-refractivity contribution is 0.301. The molecule has 0 unspecified atom stereocenters. The SMILES string of the molecule is Cc1cccc(COc2ccc(CC(N)=NO)cc2)n1. The van der Waals surface area contributed by atoms with Crippen LogP contribution in [0.3, 0.4) is 0 Å². The van der Waals surface area contributed by atoms with Gasteiger partial charge in [-0.3, -0.25) is 4.98 Å². The lowest BCUT2D eigenvalue weighted by Gasteiger charge is -2.07. The minimum atomic E-state index is 0.183. The molecule has 0 aliphatic rings. The van der Waals surface area contributed by atoms with E-state index in [1.54, 1.807) is 0 Å². The van der Waals surface area contributed by atoms with E-state index in [0.717, 1.165) is 22.7 Å². The fourth-order valence-corrected chi connectivity index (χ4v) is 1.79. The summed E-state index contributed by atoms with van der Waals surface area (Å²) in [5, 5.41) is 11.5. The maximum Gasteiger partial charge on any atom is 0.143 e. The van der Waals surface area contributed by atoms with Gasteiger partial charge < -0.3 is 15.7 Å². The van der Waals surface area contributed by atoms with Crippen molar-refractivity contribution in [2.75, 3.05) is 0 Å². The first-order valence-corrected chi connectivity index (χ1v) is 6.28. The molecule has 0 atom stereocenters. The van der Waals surface area contributed by atoms with Crippen LogP contribution < -0.4 is 10.5 Å². The molecule has 20 heavy (non-hydrogen) atoms. The van der Waals surface area contributed by atoms with Gasteiger partial charge in [-0.2, -0.15) is 0 Å². The van der Waals surface area contributed by atoms with Gasteiger partial charge in [-0.25, -0.2) is 0 Å². The van der Waals surface area contributed by atoms with E-state index in [1.165, 1.54) is 0 Å². The van der Waals surface area contributed by atoms with Gasteiger partial charge in [-0.1, -0.05) is 23.4 Å². The number of benzene rings is 1. The van der Waals surface area contributed by atoms with E-state index < -0.39 is 0 Å². The van der Waals surface area contributed by atoms with E-state index in [9.17, 15) is 0 Å². The van der Waals surface area contributed by atoms with Gasteiger partial charge in [-0.05, 0) is 36.8 Å². The molecule has 1 heterocycles. The zero-order valence-electron chi connectivity index (χ0n) is 11.3. The maximum absolute atomic E-state index is 8.51. The molecule has 5 nitrogen and oxygen atoms in total. The Morgan fingerprint density at radius 2 is 2.00 bits per heavy atom. The van der Waals surface area contributed by atoms with Gasteiger partial charge in [0, 0.05) is 12.1 Å². The Balaban J connectivity index is 1.94. The van der Waals surface area contributed by atoms with Crippen LogP contribution in [0.5, 0.6) is 5.75 Å². The predicted octanol–water partition coefficient (Wildman–Crippen LogP) is 2.26. The number of hydrogen-bond acceptors (Lipinski definition) is 4. The predicted molar refractivity (Wildman–Crippen MR) is 76.9 cm³/mol. The molecule has 2 aromatic rings. The zero-order chi connectivity index (χ0) is 14.4. The molecule has 0 spiro atoms. The van der Waals surface area contributed by atoms with Crippen LogP contribution >= 0.6 is 0 Å². The number of aryl methyl sites for hydroxylation is 1. The lowest BCUT2D eigenvalue weighted by Crippen LogP contribution is -2.14. The van der Waals surface area contributed by atoms with E-state index in [2.05, 4.69) is 10.1 Å². The summed E-state index contributed by atoms with van der Waals surface area (Å²) in [5.41, 5.74) is 8.28. The number of aromatic nitrogens is 1. The lowest BCUT2D eigenvalue weighted by atomic mass is 10.1. The highest BCUT2D eigenvalue weighted by molar-refractivity contribution is 5.82. The average molecular weight is 271 g/mol. The minimum Gasteiger partial charge on any atom is -0.487 e. The Morgan fingerprint density at radius 3 is 2.65 bits per heavy atom. The summed E-state index contributed by atoms with van der Waals surface area (Å²) in [6, 6.07) is 13.3. The van der Waals surface area contributed by atoms with Crippen molar-refractivity contribution in [1.82, 2.24) is 4.98 Å². The number of nitrogens with zero attached hydrogens (tertiary/aromatic N) is 2. The topological polar surface area (TPSA) is 80.7 Å². The number of ether oxygens (including phenoxy) is 1. The van der Waals surface area contributed by atoms with E-state index in [-0.39, 0.29) is 5.84 Å². The fourth-order valence-electron chi connectivity index (χ4n) is 1.79. The third kappa shape index (κ3) is 3.98. The van der Waals surface area contributed by atoms with E-state index in [0.29, 0.717) is 13.0 Å². The number of oxime groups is 1. The molecule has 3 N–H and O–H groups in total. The third-order valence-corrected chi connectivity index (χ3v) is 2.77. The van der Waals surface area contributed by atoms with Crippen LogP contribution in [0.4, 0.5) is 0 Å². The van der Waals surface area contributed by atoms with Crippen molar-refractivity contribution >= 4 is 5.84 Å². The molecule has 5 heteroatoms. The molecule has 0 bridgehead atoms. The summed E-state index contributed by atoms with van der Waals surface area (Å²) in [5.74, 6) is 0.944. The molecule has 0 saturated carbocycles. The summed E-state index contributed by atoms with van der Waals surface area (Å²) in [6.07, 6.45) is 0.413. The molecule has 1 aromatic heterocycles. The van der Waals surface area contributed by atoms with E-state index >= 15 is 0 Å². The number of nitrogens with two attached hydrogens (primary N) is 1. The molecule has 2 rings (SSSR count). The second kappa shape index (κ2) is 6.56. The Kier molecular flexibility index (Phi) is 4.55. The van der Waals surface area contributed by atoms with Gasteiger partial charge in [0.05, 0.1) is 5.69 Å².